The minimum Gasteiger partial charge on any atom is -0.396 e. The SMILES string of the molecule is CCC1CCC(NC(=O)Cn2nc(C)c(N)c2C)CC1. The van der Waals surface area contributed by atoms with Crippen molar-refractivity contribution in [2.24, 2.45) is 5.92 Å². The molecule has 0 saturated heterocycles. The van der Waals surface area contributed by atoms with Gasteiger partial charge in [0, 0.05) is 6.04 Å². The third kappa shape index (κ3) is 3.32. The Labute approximate surface area is 120 Å². The van der Waals surface area contributed by atoms with Gasteiger partial charge in [-0.25, -0.2) is 0 Å². The van der Waals surface area contributed by atoms with E-state index in [0.717, 1.165) is 30.1 Å². The number of hydrogen-bond acceptors (Lipinski definition) is 3. The van der Waals surface area contributed by atoms with E-state index < -0.39 is 0 Å². The summed E-state index contributed by atoms with van der Waals surface area (Å²) in [6.45, 7) is 6.27. The minimum atomic E-state index is 0.0375. The molecule has 3 N–H and O–H groups in total. The van der Waals surface area contributed by atoms with Crippen molar-refractivity contribution >= 4 is 11.6 Å². The molecule has 0 atom stereocenters. The highest BCUT2D eigenvalue weighted by molar-refractivity contribution is 5.76. The fraction of sp³-hybridized carbons (Fsp3) is 0.733. The van der Waals surface area contributed by atoms with Crippen molar-refractivity contribution in [1.82, 2.24) is 15.1 Å². The lowest BCUT2D eigenvalue weighted by Gasteiger charge is -2.28. The van der Waals surface area contributed by atoms with Crippen molar-refractivity contribution in [3.05, 3.63) is 11.4 Å². The van der Waals surface area contributed by atoms with Crippen molar-refractivity contribution in [2.45, 2.75) is 65.5 Å². The molecule has 1 heterocycles. The Bertz CT molecular complexity index is 472. The first-order valence-electron chi connectivity index (χ1n) is 7.60. The van der Waals surface area contributed by atoms with E-state index in [1.165, 1.54) is 19.3 Å². The van der Waals surface area contributed by atoms with E-state index >= 15 is 0 Å². The number of nitrogen functional groups attached to an aromatic ring is 1. The van der Waals surface area contributed by atoms with Gasteiger partial charge in [0.05, 0.1) is 17.1 Å². The number of aromatic nitrogens is 2. The van der Waals surface area contributed by atoms with Gasteiger partial charge in [0.1, 0.15) is 6.54 Å². The summed E-state index contributed by atoms with van der Waals surface area (Å²) < 4.78 is 1.69. The Morgan fingerprint density at radius 3 is 2.50 bits per heavy atom. The first-order valence-corrected chi connectivity index (χ1v) is 7.60. The normalized spacial score (nSPS) is 22.8. The largest absolute Gasteiger partial charge is 0.396 e. The first-order chi connectivity index (χ1) is 9.51. The molecule has 1 amide bonds. The fourth-order valence-electron chi connectivity index (χ4n) is 2.99. The molecule has 1 aliphatic carbocycles. The van der Waals surface area contributed by atoms with E-state index in [2.05, 4.69) is 17.3 Å². The van der Waals surface area contributed by atoms with Crippen LogP contribution in [0.3, 0.4) is 0 Å². The highest BCUT2D eigenvalue weighted by Crippen LogP contribution is 2.26. The van der Waals surface area contributed by atoms with Crippen LogP contribution < -0.4 is 11.1 Å². The van der Waals surface area contributed by atoms with Crippen LogP contribution in [0.2, 0.25) is 0 Å². The van der Waals surface area contributed by atoms with Crippen LogP contribution in [0.4, 0.5) is 5.69 Å². The zero-order valence-electron chi connectivity index (χ0n) is 12.8. The third-order valence-electron chi connectivity index (χ3n) is 4.52. The van der Waals surface area contributed by atoms with Gasteiger partial charge in [-0.1, -0.05) is 13.3 Å². The molecule has 0 unspecified atom stereocenters. The molecular weight excluding hydrogens is 252 g/mol. The second-order valence-corrected chi connectivity index (χ2v) is 5.94. The molecule has 1 aromatic rings. The van der Waals surface area contributed by atoms with Crippen molar-refractivity contribution in [3.8, 4) is 0 Å². The van der Waals surface area contributed by atoms with Gasteiger partial charge in [0.25, 0.3) is 0 Å². The van der Waals surface area contributed by atoms with Gasteiger partial charge in [-0.3, -0.25) is 9.48 Å². The third-order valence-corrected chi connectivity index (χ3v) is 4.52. The zero-order chi connectivity index (χ0) is 14.7. The number of carbonyl (C=O) groups is 1. The molecular formula is C15H26N4O. The van der Waals surface area contributed by atoms with Crippen molar-refractivity contribution in [3.63, 3.8) is 0 Å². The standard InChI is InChI=1S/C15H26N4O/c1-4-12-5-7-13(8-6-12)17-14(20)9-19-11(3)15(16)10(2)18-19/h12-13H,4-9,16H2,1-3H3,(H,17,20). The molecule has 0 aliphatic heterocycles. The number of anilines is 1. The Hall–Kier alpha value is -1.52. The lowest BCUT2D eigenvalue weighted by Crippen LogP contribution is -2.39. The van der Waals surface area contributed by atoms with Crippen LogP contribution in [0.1, 0.15) is 50.4 Å². The van der Waals surface area contributed by atoms with Gasteiger partial charge >= 0.3 is 0 Å². The maximum Gasteiger partial charge on any atom is 0.241 e. The molecule has 1 aliphatic rings. The Morgan fingerprint density at radius 1 is 1.35 bits per heavy atom. The average molecular weight is 278 g/mol. The summed E-state index contributed by atoms with van der Waals surface area (Å²) in [6.07, 6.45) is 5.92. The van der Waals surface area contributed by atoms with Crippen LogP contribution in [0, 0.1) is 19.8 Å². The van der Waals surface area contributed by atoms with Crippen LogP contribution >= 0.6 is 0 Å². The van der Waals surface area contributed by atoms with E-state index in [9.17, 15) is 4.79 Å². The number of nitrogens with two attached hydrogens (primary N) is 1. The molecule has 0 spiro atoms. The van der Waals surface area contributed by atoms with E-state index in [4.69, 9.17) is 5.73 Å². The van der Waals surface area contributed by atoms with Gasteiger partial charge in [-0.2, -0.15) is 5.10 Å². The summed E-state index contributed by atoms with van der Waals surface area (Å²) in [5.41, 5.74) is 8.22. The van der Waals surface area contributed by atoms with Crippen LogP contribution in [0.15, 0.2) is 0 Å². The van der Waals surface area contributed by atoms with Gasteiger partial charge in [0.2, 0.25) is 5.91 Å². The topological polar surface area (TPSA) is 72.9 Å². The molecule has 0 aromatic carbocycles. The maximum absolute atomic E-state index is 12.1. The number of nitrogens with one attached hydrogen (secondary N) is 1. The smallest absolute Gasteiger partial charge is 0.241 e. The van der Waals surface area contributed by atoms with Crippen LogP contribution in [-0.2, 0) is 11.3 Å². The summed E-state index contributed by atoms with van der Waals surface area (Å²) in [5.74, 6) is 0.884. The summed E-state index contributed by atoms with van der Waals surface area (Å²) in [5, 5.41) is 7.43. The van der Waals surface area contributed by atoms with Crippen LogP contribution in [0.5, 0.6) is 0 Å². The number of aryl methyl sites for hydroxylation is 1. The molecule has 5 heteroatoms. The lowest BCUT2D eigenvalue weighted by molar-refractivity contribution is -0.122. The van der Waals surface area contributed by atoms with Crippen molar-refractivity contribution < 1.29 is 4.79 Å². The Morgan fingerprint density at radius 2 is 2.00 bits per heavy atom. The molecule has 5 nitrogen and oxygen atoms in total. The predicted molar refractivity (Wildman–Crippen MR) is 80.3 cm³/mol. The maximum atomic E-state index is 12.1. The van der Waals surface area contributed by atoms with Crippen molar-refractivity contribution in [1.29, 1.82) is 0 Å². The fourth-order valence-corrected chi connectivity index (χ4v) is 2.99. The van der Waals surface area contributed by atoms with Gasteiger partial charge in [0.15, 0.2) is 0 Å². The Balaban J connectivity index is 1.85. The minimum absolute atomic E-state index is 0.0375. The van der Waals surface area contributed by atoms with Crippen LogP contribution in [-0.4, -0.2) is 21.7 Å². The molecule has 2 rings (SSSR count). The van der Waals surface area contributed by atoms with Gasteiger partial charge in [-0.15, -0.1) is 0 Å². The summed E-state index contributed by atoms with van der Waals surface area (Å²) >= 11 is 0. The summed E-state index contributed by atoms with van der Waals surface area (Å²) in [4.78, 5) is 12.1. The highest BCUT2D eigenvalue weighted by Gasteiger charge is 2.21. The molecule has 0 radical (unpaired) electrons. The van der Waals surface area contributed by atoms with Crippen molar-refractivity contribution in [2.75, 3.05) is 5.73 Å². The van der Waals surface area contributed by atoms with Gasteiger partial charge in [-0.05, 0) is 45.4 Å². The predicted octanol–water partition coefficient (Wildman–Crippen LogP) is 2.17. The molecule has 1 fully saturated rings. The number of hydrogen-bond donors (Lipinski definition) is 2. The zero-order valence-corrected chi connectivity index (χ0v) is 12.8. The van der Waals surface area contributed by atoms with E-state index in [-0.39, 0.29) is 12.5 Å². The molecule has 0 bridgehead atoms. The Kier molecular flexibility index (Phi) is 4.68. The van der Waals surface area contributed by atoms with Crippen LogP contribution in [0.25, 0.3) is 0 Å². The second-order valence-electron chi connectivity index (χ2n) is 5.94. The first kappa shape index (κ1) is 14.9. The second kappa shape index (κ2) is 6.29. The molecule has 20 heavy (non-hydrogen) atoms. The highest BCUT2D eigenvalue weighted by atomic mass is 16.2. The lowest BCUT2D eigenvalue weighted by atomic mass is 9.84. The number of nitrogens with zero attached hydrogens (tertiary/aromatic N) is 2. The average Bonchev–Trinajstić information content (AvgIpc) is 2.67. The summed E-state index contributed by atoms with van der Waals surface area (Å²) in [7, 11) is 0. The van der Waals surface area contributed by atoms with E-state index in [1.54, 1.807) is 4.68 Å². The monoisotopic (exact) mass is 278 g/mol. The molecule has 1 saturated carbocycles. The van der Waals surface area contributed by atoms with Gasteiger partial charge < -0.3 is 11.1 Å². The van der Waals surface area contributed by atoms with E-state index in [0.29, 0.717) is 11.7 Å². The summed E-state index contributed by atoms with van der Waals surface area (Å²) in [6, 6.07) is 0.333. The van der Waals surface area contributed by atoms with E-state index in [1.807, 2.05) is 13.8 Å². The number of rotatable bonds is 4. The molecule has 112 valence electrons. The molecule has 1 aromatic heterocycles. The number of amides is 1. The number of carbonyl (C=O) groups excluding carboxylic acids is 1. The quantitative estimate of drug-likeness (QED) is 0.886.